The third-order valence-corrected chi connectivity index (χ3v) is 3.24. The van der Waals surface area contributed by atoms with Gasteiger partial charge in [-0.15, -0.1) is 0 Å². The lowest BCUT2D eigenvalue weighted by Gasteiger charge is -2.43. The molecular weight excluding hydrogens is 194 g/mol. The van der Waals surface area contributed by atoms with Crippen molar-refractivity contribution in [1.82, 2.24) is 4.90 Å². The molecule has 1 heterocycles. The molecule has 1 rings (SSSR count). The Bertz CT molecular complexity index is 335. The van der Waals surface area contributed by atoms with E-state index >= 15 is 0 Å². The molecule has 0 atom stereocenters. The van der Waals surface area contributed by atoms with Gasteiger partial charge in [-0.1, -0.05) is 13.8 Å². The first-order valence-electron chi connectivity index (χ1n) is 4.76. The van der Waals surface area contributed by atoms with Crippen LogP contribution in [0.15, 0.2) is 12.2 Å². The lowest BCUT2D eigenvalue weighted by Crippen LogP contribution is -2.57. The maximum atomic E-state index is 11.5. The van der Waals surface area contributed by atoms with Gasteiger partial charge in [0.15, 0.2) is 0 Å². The third kappa shape index (κ3) is 1.60. The molecule has 0 aromatic carbocycles. The fourth-order valence-electron chi connectivity index (χ4n) is 1.38. The van der Waals surface area contributed by atoms with Crippen LogP contribution in [-0.2, 0) is 14.4 Å². The number of imide groups is 1. The van der Waals surface area contributed by atoms with Crippen LogP contribution in [-0.4, -0.2) is 28.5 Å². The van der Waals surface area contributed by atoms with Crippen LogP contribution < -0.4 is 0 Å². The van der Waals surface area contributed by atoms with Gasteiger partial charge in [0.1, 0.15) is 6.29 Å². The fourth-order valence-corrected chi connectivity index (χ4v) is 1.38. The minimum atomic E-state index is -0.827. The summed E-state index contributed by atoms with van der Waals surface area (Å²) < 4.78 is 0. The van der Waals surface area contributed by atoms with Crippen LogP contribution in [0.4, 0.5) is 0 Å². The number of hydrogen-bond donors (Lipinski definition) is 0. The normalized spacial score (nSPS) is 17.5. The zero-order valence-electron chi connectivity index (χ0n) is 9.40. The Balaban J connectivity index is 3.12. The summed E-state index contributed by atoms with van der Waals surface area (Å²) in [5.74, 6) is -0.722. The van der Waals surface area contributed by atoms with Gasteiger partial charge < -0.3 is 4.79 Å². The standard InChI is InChI=1S/C11H15NO3/c1-10(2,7-13)11(3,4)12-8(14)5-6-9(12)15/h5-7H,1-4H3. The predicted octanol–water partition coefficient (Wildman–Crippen LogP) is 0.915. The van der Waals surface area contributed by atoms with Crippen LogP contribution in [0.5, 0.6) is 0 Å². The highest BCUT2D eigenvalue weighted by Gasteiger charge is 2.47. The van der Waals surface area contributed by atoms with Gasteiger partial charge in [-0.3, -0.25) is 14.5 Å². The Hall–Kier alpha value is -1.45. The SMILES string of the molecule is CC(C)(C=O)C(C)(C)N1C(=O)C=CC1=O. The monoisotopic (exact) mass is 209 g/mol. The molecule has 0 radical (unpaired) electrons. The van der Waals surface area contributed by atoms with Crippen LogP contribution in [0.3, 0.4) is 0 Å². The van der Waals surface area contributed by atoms with Crippen LogP contribution in [0.25, 0.3) is 0 Å². The molecule has 82 valence electrons. The van der Waals surface area contributed by atoms with Gasteiger partial charge in [0.2, 0.25) is 0 Å². The number of carbonyl (C=O) groups is 3. The maximum absolute atomic E-state index is 11.5. The van der Waals surface area contributed by atoms with E-state index in [-0.39, 0.29) is 11.8 Å². The predicted molar refractivity (Wildman–Crippen MR) is 54.9 cm³/mol. The topological polar surface area (TPSA) is 54.5 Å². The molecule has 2 amide bonds. The van der Waals surface area contributed by atoms with Crippen LogP contribution in [0.2, 0.25) is 0 Å². The van der Waals surface area contributed by atoms with E-state index in [0.29, 0.717) is 0 Å². The first-order valence-corrected chi connectivity index (χ1v) is 4.76. The van der Waals surface area contributed by atoms with Crippen molar-refractivity contribution >= 4 is 18.1 Å². The number of rotatable bonds is 3. The van der Waals surface area contributed by atoms with Crippen LogP contribution in [0.1, 0.15) is 27.7 Å². The van der Waals surface area contributed by atoms with E-state index in [0.717, 1.165) is 11.2 Å². The molecule has 0 N–H and O–H groups in total. The largest absolute Gasteiger partial charge is 0.303 e. The van der Waals surface area contributed by atoms with Gasteiger partial charge in [-0.2, -0.15) is 0 Å². The Morgan fingerprint density at radius 1 is 1.07 bits per heavy atom. The Labute approximate surface area is 88.9 Å². The van der Waals surface area contributed by atoms with E-state index < -0.39 is 11.0 Å². The van der Waals surface area contributed by atoms with Gasteiger partial charge in [0, 0.05) is 17.6 Å². The number of nitrogens with zero attached hydrogens (tertiary/aromatic N) is 1. The molecule has 0 saturated heterocycles. The summed E-state index contributed by atoms with van der Waals surface area (Å²) in [6.07, 6.45) is 3.22. The summed E-state index contributed by atoms with van der Waals surface area (Å²) in [6, 6.07) is 0. The summed E-state index contributed by atoms with van der Waals surface area (Å²) in [5.41, 5.74) is -1.60. The molecule has 0 fully saturated rings. The molecule has 0 aromatic heterocycles. The second-order valence-electron chi connectivity index (χ2n) is 4.74. The fraction of sp³-hybridized carbons (Fsp3) is 0.545. The average Bonchev–Trinajstić information content (AvgIpc) is 2.46. The highest BCUT2D eigenvalue weighted by molar-refractivity contribution is 6.13. The molecule has 1 aliphatic rings. The lowest BCUT2D eigenvalue weighted by molar-refractivity contribution is -0.148. The molecule has 4 heteroatoms. The summed E-state index contributed by atoms with van der Waals surface area (Å²) in [7, 11) is 0. The Morgan fingerprint density at radius 2 is 1.47 bits per heavy atom. The van der Waals surface area contributed by atoms with Crippen molar-refractivity contribution in [2.45, 2.75) is 33.2 Å². The summed E-state index contributed by atoms with van der Waals surface area (Å²) in [6.45, 7) is 6.84. The van der Waals surface area contributed by atoms with Crippen molar-refractivity contribution in [1.29, 1.82) is 0 Å². The molecule has 0 aromatic rings. The van der Waals surface area contributed by atoms with Crippen LogP contribution >= 0.6 is 0 Å². The van der Waals surface area contributed by atoms with Crippen molar-refractivity contribution in [3.63, 3.8) is 0 Å². The molecular formula is C11H15NO3. The average molecular weight is 209 g/mol. The number of hydrogen-bond acceptors (Lipinski definition) is 3. The second-order valence-corrected chi connectivity index (χ2v) is 4.74. The molecule has 0 saturated carbocycles. The smallest absolute Gasteiger partial charge is 0.254 e. The summed E-state index contributed by atoms with van der Waals surface area (Å²) in [5, 5.41) is 0. The minimum absolute atomic E-state index is 0.361. The van der Waals surface area contributed by atoms with Gasteiger partial charge in [-0.05, 0) is 13.8 Å². The van der Waals surface area contributed by atoms with Crippen LogP contribution in [0, 0.1) is 5.41 Å². The lowest BCUT2D eigenvalue weighted by atomic mass is 9.74. The molecule has 15 heavy (non-hydrogen) atoms. The van der Waals surface area contributed by atoms with Crippen molar-refractivity contribution in [2.24, 2.45) is 5.41 Å². The zero-order chi connectivity index (χ0) is 11.9. The van der Waals surface area contributed by atoms with Gasteiger partial charge >= 0.3 is 0 Å². The van der Waals surface area contributed by atoms with Gasteiger partial charge in [-0.25, -0.2) is 0 Å². The van der Waals surface area contributed by atoms with E-state index in [2.05, 4.69) is 0 Å². The van der Waals surface area contributed by atoms with E-state index in [1.807, 2.05) is 0 Å². The van der Waals surface area contributed by atoms with E-state index in [9.17, 15) is 14.4 Å². The van der Waals surface area contributed by atoms with E-state index in [1.54, 1.807) is 27.7 Å². The third-order valence-electron chi connectivity index (χ3n) is 3.24. The van der Waals surface area contributed by atoms with Crippen molar-refractivity contribution in [3.8, 4) is 0 Å². The summed E-state index contributed by atoms with van der Waals surface area (Å²) >= 11 is 0. The van der Waals surface area contributed by atoms with E-state index in [4.69, 9.17) is 0 Å². The number of amides is 2. The Morgan fingerprint density at radius 3 is 1.80 bits per heavy atom. The molecule has 4 nitrogen and oxygen atoms in total. The van der Waals surface area contributed by atoms with E-state index in [1.165, 1.54) is 12.2 Å². The molecule has 0 bridgehead atoms. The van der Waals surface area contributed by atoms with Gasteiger partial charge in [0.05, 0.1) is 5.54 Å². The molecule has 0 aliphatic carbocycles. The first kappa shape index (κ1) is 11.6. The summed E-state index contributed by atoms with van der Waals surface area (Å²) in [4.78, 5) is 35.1. The highest BCUT2D eigenvalue weighted by atomic mass is 16.2. The number of carbonyl (C=O) groups excluding carboxylic acids is 3. The quantitative estimate of drug-likeness (QED) is 0.513. The second kappa shape index (κ2) is 3.29. The van der Waals surface area contributed by atoms with Crippen molar-refractivity contribution < 1.29 is 14.4 Å². The number of aldehydes is 1. The molecule has 1 aliphatic heterocycles. The maximum Gasteiger partial charge on any atom is 0.254 e. The van der Waals surface area contributed by atoms with Crippen molar-refractivity contribution in [3.05, 3.63) is 12.2 Å². The first-order chi connectivity index (χ1) is 6.74. The van der Waals surface area contributed by atoms with Gasteiger partial charge in [0.25, 0.3) is 11.8 Å². The Kier molecular flexibility index (Phi) is 2.55. The molecule has 0 spiro atoms. The highest BCUT2D eigenvalue weighted by Crippen LogP contribution is 2.35. The zero-order valence-corrected chi connectivity index (χ0v) is 9.40. The molecule has 0 unspecified atom stereocenters. The minimum Gasteiger partial charge on any atom is -0.303 e. The van der Waals surface area contributed by atoms with Crippen molar-refractivity contribution in [2.75, 3.05) is 0 Å².